The van der Waals surface area contributed by atoms with Crippen LogP contribution in [0.15, 0.2) is 30.3 Å². The van der Waals surface area contributed by atoms with Gasteiger partial charge in [-0.1, -0.05) is 30.3 Å². The average molecular weight is 218 g/mol. The summed E-state index contributed by atoms with van der Waals surface area (Å²) in [7, 11) is 0. The SMILES string of the molecule is OCCc1ccc(C2=C[C@@H](O)CCC2)cc1. The smallest absolute Gasteiger partial charge is 0.0726 e. The van der Waals surface area contributed by atoms with E-state index in [4.69, 9.17) is 5.11 Å². The third kappa shape index (κ3) is 2.71. The van der Waals surface area contributed by atoms with Gasteiger partial charge in [-0.05, 0) is 42.4 Å². The Kier molecular flexibility index (Phi) is 3.75. The van der Waals surface area contributed by atoms with Crippen LogP contribution in [0.25, 0.3) is 5.57 Å². The van der Waals surface area contributed by atoms with Crippen molar-refractivity contribution < 1.29 is 10.2 Å². The van der Waals surface area contributed by atoms with Crippen LogP contribution in [-0.4, -0.2) is 22.9 Å². The number of hydrogen-bond donors (Lipinski definition) is 2. The third-order valence-corrected chi connectivity index (χ3v) is 3.06. The maximum Gasteiger partial charge on any atom is 0.0726 e. The lowest BCUT2D eigenvalue weighted by atomic mass is 9.92. The molecule has 86 valence electrons. The van der Waals surface area contributed by atoms with Crippen LogP contribution in [0.2, 0.25) is 0 Å². The van der Waals surface area contributed by atoms with Crippen molar-refractivity contribution in [2.24, 2.45) is 0 Å². The Balaban J connectivity index is 2.15. The largest absolute Gasteiger partial charge is 0.396 e. The van der Waals surface area contributed by atoms with Gasteiger partial charge in [-0.3, -0.25) is 0 Å². The lowest BCUT2D eigenvalue weighted by Gasteiger charge is -2.17. The highest BCUT2D eigenvalue weighted by Gasteiger charge is 2.11. The zero-order valence-electron chi connectivity index (χ0n) is 9.39. The highest BCUT2D eigenvalue weighted by atomic mass is 16.3. The van der Waals surface area contributed by atoms with Gasteiger partial charge in [0.1, 0.15) is 0 Å². The molecular formula is C14H18O2. The Morgan fingerprint density at radius 3 is 2.56 bits per heavy atom. The molecule has 2 heteroatoms. The Morgan fingerprint density at radius 1 is 1.19 bits per heavy atom. The fraction of sp³-hybridized carbons (Fsp3) is 0.429. The van der Waals surface area contributed by atoms with Crippen molar-refractivity contribution in [3.8, 4) is 0 Å². The van der Waals surface area contributed by atoms with Crippen LogP contribution in [0.3, 0.4) is 0 Å². The second-order valence-corrected chi connectivity index (χ2v) is 4.32. The van der Waals surface area contributed by atoms with E-state index in [0.29, 0.717) is 6.42 Å². The minimum absolute atomic E-state index is 0.195. The fourth-order valence-corrected chi connectivity index (χ4v) is 2.16. The van der Waals surface area contributed by atoms with E-state index in [1.807, 2.05) is 18.2 Å². The van der Waals surface area contributed by atoms with E-state index in [-0.39, 0.29) is 12.7 Å². The highest BCUT2D eigenvalue weighted by Crippen LogP contribution is 2.27. The lowest BCUT2D eigenvalue weighted by molar-refractivity contribution is 0.206. The van der Waals surface area contributed by atoms with Gasteiger partial charge in [0.15, 0.2) is 0 Å². The zero-order chi connectivity index (χ0) is 11.4. The molecule has 1 aliphatic carbocycles. The molecule has 1 aliphatic rings. The Labute approximate surface area is 96.2 Å². The molecule has 2 N–H and O–H groups in total. The van der Waals surface area contributed by atoms with Crippen LogP contribution in [-0.2, 0) is 6.42 Å². The minimum atomic E-state index is -0.277. The molecular weight excluding hydrogens is 200 g/mol. The van der Waals surface area contributed by atoms with Gasteiger partial charge >= 0.3 is 0 Å². The van der Waals surface area contributed by atoms with E-state index in [0.717, 1.165) is 24.8 Å². The molecule has 2 rings (SSSR count). The van der Waals surface area contributed by atoms with Crippen LogP contribution in [0.1, 0.15) is 30.4 Å². The summed E-state index contributed by atoms with van der Waals surface area (Å²) in [5.74, 6) is 0. The van der Waals surface area contributed by atoms with Crippen LogP contribution < -0.4 is 0 Å². The maximum absolute atomic E-state index is 9.57. The summed E-state index contributed by atoms with van der Waals surface area (Å²) in [5, 5.41) is 18.4. The summed E-state index contributed by atoms with van der Waals surface area (Å²) in [4.78, 5) is 0. The van der Waals surface area contributed by atoms with E-state index in [1.54, 1.807) is 0 Å². The van der Waals surface area contributed by atoms with Crippen LogP contribution in [0.5, 0.6) is 0 Å². The Hall–Kier alpha value is -1.12. The molecule has 0 aliphatic heterocycles. The van der Waals surface area contributed by atoms with Crippen LogP contribution >= 0.6 is 0 Å². The van der Waals surface area contributed by atoms with Gasteiger partial charge < -0.3 is 10.2 Å². The van der Waals surface area contributed by atoms with Gasteiger partial charge in [0, 0.05) is 6.61 Å². The Morgan fingerprint density at radius 2 is 1.94 bits per heavy atom. The lowest BCUT2D eigenvalue weighted by Crippen LogP contribution is -2.08. The van der Waals surface area contributed by atoms with E-state index in [1.165, 1.54) is 11.1 Å². The predicted octanol–water partition coefficient (Wildman–Crippen LogP) is 2.15. The van der Waals surface area contributed by atoms with Gasteiger partial charge in [-0.15, -0.1) is 0 Å². The third-order valence-electron chi connectivity index (χ3n) is 3.06. The van der Waals surface area contributed by atoms with Gasteiger partial charge in [0.25, 0.3) is 0 Å². The molecule has 0 unspecified atom stereocenters. The Bertz CT molecular complexity index is 365. The first-order valence-electron chi connectivity index (χ1n) is 5.88. The molecule has 0 fully saturated rings. The number of aliphatic hydroxyl groups is 2. The van der Waals surface area contributed by atoms with E-state index >= 15 is 0 Å². The second-order valence-electron chi connectivity index (χ2n) is 4.32. The monoisotopic (exact) mass is 218 g/mol. The van der Waals surface area contributed by atoms with Crippen molar-refractivity contribution in [2.45, 2.75) is 31.8 Å². The highest BCUT2D eigenvalue weighted by molar-refractivity contribution is 5.66. The number of benzene rings is 1. The number of allylic oxidation sites excluding steroid dienone is 1. The molecule has 0 saturated heterocycles. The number of aliphatic hydroxyl groups excluding tert-OH is 2. The van der Waals surface area contributed by atoms with E-state index in [2.05, 4.69) is 12.1 Å². The van der Waals surface area contributed by atoms with Crippen molar-refractivity contribution in [3.05, 3.63) is 41.5 Å². The van der Waals surface area contributed by atoms with Crippen LogP contribution in [0, 0.1) is 0 Å². The first-order valence-corrected chi connectivity index (χ1v) is 5.88. The molecule has 0 radical (unpaired) electrons. The summed E-state index contributed by atoms with van der Waals surface area (Å²) in [5.41, 5.74) is 3.60. The molecule has 0 amide bonds. The molecule has 0 spiro atoms. The van der Waals surface area contributed by atoms with Crippen molar-refractivity contribution in [3.63, 3.8) is 0 Å². The summed E-state index contributed by atoms with van der Waals surface area (Å²) in [6.45, 7) is 0.195. The van der Waals surface area contributed by atoms with E-state index in [9.17, 15) is 5.11 Å². The first kappa shape index (κ1) is 11.4. The van der Waals surface area contributed by atoms with Crippen molar-refractivity contribution in [2.75, 3.05) is 6.61 Å². The maximum atomic E-state index is 9.57. The molecule has 1 aromatic carbocycles. The summed E-state index contributed by atoms with van der Waals surface area (Å²) in [6, 6.07) is 8.25. The van der Waals surface area contributed by atoms with Gasteiger partial charge in [0.2, 0.25) is 0 Å². The predicted molar refractivity (Wildman–Crippen MR) is 65.1 cm³/mol. The molecule has 0 bridgehead atoms. The molecule has 0 heterocycles. The first-order chi connectivity index (χ1) is 7.79. The van der Waals surface area contributed by atoms with Gasteiger partial charge in [0.05, 0.1) is 6.10 Å². The van der Waals surface area contributed by atoms with Gasteiger partial charge in [-0.25, -0.2) is 0 Å². The topological polar surface area (TPSA) is 40.5 Å². The summed E-state index contributed by atoms with van der Waals surface area (Å²) in [6.07, 6.45) is 5.39. The second kappa shape index (κ2) is 5.28. The zero-order valence-corrected chi connectivity index (χ0v) is 9.39. The standard InChI is InChI=1S/C14H18O2/c15-9-8-11-4-6-12(7-5-11)13-2-1-3-14(16)10-13/h4-7,10,14-16H,1-3,8-9H2/t14-/m0/s1. The van der Waals surface area contributed by atoms with Gasteiger partial charge in [-0.2, -0.15) is 0 Å². The van der Waals surface area contributed by atoms with Crippen molar-refractivity contribution in [1.29, 1.82) is 0 Å². The number of hydrogen-bond acceptors (Lipinski definition) is 2. The minimum Gasteiger partial charge on any atom is -0.396 e. The molecule has 1 atom stereocenters. The molecule has 0 saturated carbocycles. The normalized spacial score (nSPS) is 20.6. The van der Waals surface area contributed by atoms with Crippen molar-refractivity contribution >= 4 is 5.57 Å². The number of rotatable bonds is 3. The molecule has 1 aromatic rings. The molecule has 2 nitrogen and oxygen atoms in total. The fourth-order valence-electron chi connectivity index (χ4n) is 2.16. The summed E-state index contributed by atoms with van der Waals surface area (Å²) < 4.78 is 0. The molecule has 16 heavy (non-hydrogen) atoms. The van der Waals surface area contributed by atoms with Crippen molar-refractivity contribution in [1.82, 2.24) is 0 Å². The van der Waals surface area contributed by atoms with Crippen LogP contribution in [0.4, 0.5) is 0 Å². The summed E-state index contributed by atoms with van der Waals surface area (Å²) >= 11 is 0. The quantitative estimate of drug-likeness (QED) is 0.816. The average Bonchev–Trinajstić information content (AvgIpc) is 2.30. The molecule has 0 aromatic heterocycles. The van der Waals surface area contributed by atoms with E-state index < -0.39 is 0 Å².